The summed E-state index contributed by atoms with van der Waals surface area (Å²) in [7, 11) is 0. The molecule has 17 heavy (non-hydrogen) atoms. The number of hydrogen-bond donors (Lipinski definition) is 1. The van der Waals surface area contributed by atoms with E-state index >= 15 is 0 Å². The molecule has 0 aromatic heterocycles. The smallest absolute Gasteiger partial charge is 0.412 e. The number of hydrogen-bond acceptors (Lipinski definition) is 2. The standard InChI is InChI=1S/C13H16BrNO2/c1-9(10-5-7-11(14)8-6-10)15-12(16)17-13(2,3)4/h5-8H,1H2,2-4H3,(H,15,16). The van der Waals surface area contributed by atoms with Crippen LogP contribution in [0.25, 0.3) is 5.70 Å². The second-order valence-corrected chi connectivity index (χ2v) is 5.53. The molecule has 0 spiro atoms. The molecule has 4 heteroatoms. The molecule has 1 aromatic carbocycles. The van der Waals surface area contributed by atoms with E-state index in [2.05, 4.69) is 27.8 Å². The first kappa shape index (κ1) is 13.8. The lowest BCUT2D eigenvalue weighted by Gasteiger charge is -2.20. The molecule has 0 atom stereocenters. The predicted octanol–water partition coefficient (Wildman–Crippen LogP) is 3.94. The normalized spacial score (nSPS) is 10.8. The van der Waals surface area contributed by atoms with Crippen molar-refractivity contribution in [2.75, 3.05) is 0 Å². The highest BCUT2D eigenvalue weighted by atomic mass is 79.9. The lowest BCUT2D eigenvalue weighted by Crippen LogP contribution is -2.31. The average molecular weight is 298 g/mol. The molecular weight excluding hydrogens is 282 g/mol. The van der Waals surface area contributed by atoms with Crippen molar-refractivity contribution in [3.05, 3.63) is 40.9 Å². The molecule has 1 aromatic rings. The Morgan fingerprint density at radius 3 is 2.29 bits per heavy atom. The quantitative estimate of drug-likeness (QED) is 0.898. The SMILES string of the molecule is C=C(NC(=O)OC(C)(C)C)c1ccc(Br)cc1. The zero-order valence-corrected chi connectivity index (χ0v) is 11.8. The van der Waals surface area contributed by atoms with Crippen LogP contribution in [-0.4, -0.2) is 11.7 Å². The first-order chi connectivity index (χ1) is 7.78. The molecule has 0 heterocycles. The maximum atomic E-state index is 11.5. The number of ether oxygens (including phenoxy) is 1. The van der Waals surface area contributed by atoms with Crippen molar-refractivity contribution in [1.82, 2.24) is 5.32 Å². The van der Waals surface area contributed by atoms with Gasteiger partial charge in [0.2, 0.25) is 0 Å². The molecule has 0 aliphatic carbocycles. The van der Waals surface area contributed by atoms with Crippen LogP contribution in [0.3, 0.4) is 0 Å². The Morgan fingerprint density at radius 1 is 1.29 bits per heavy atom. The molecule has 0 fully saturated rings. The van der Waals surface area contributed by atoms with Crippen LogP contribution in [0.4, 0.5) is 4.79 Å². The van der Waals surface area contributed by atoms with E-state index in [4.69, 9.17) is 4.74 Å². The van der Waals surface area contributed by atoms with E-state index in [0.29, 0.717) is 5.70 Å². The van der Waals surface area contributed by atoms with E-state index < -0.39 is 11.7 Å². The third kappa shape index (κ3) is 5.04. The summed E-state index contributed by atoms with van der Waals surface area (Å²) in [6.45, 7) is 9.24. The maximum Gasteiger partial charge on any atom is 0.412 e. The van der Waals surface area contributed by atoms with Crippen molar-refractivity contribution in [1.29, 1.82) is 0 Å². The van der Waals surface area contributed by atoms with E-state index in [-0.39, 0.29) is 0 Å². The van der Waals surface area contributed by atoms with Crippen molar-refractivity contribution < 1.29 is 9.53 Å². The number of nitrogens with one attached hydrogen (secondary N) is 1. The second kappa shape index (κ2) is 5.36. The van der Waals surface area contributed by atoms with Crippen LogP contribution >= 0.6 is 15.9 Å². The van der Waals surface area contributed by atoms with Crippen LogP contribution in [0.15, 0.2) is 35.3 Å². The van der Waals surface area contributed by atoms with Crippen LogP contribution in [0.2, 0.25) is 0 Å². The Balaban J connectivity index is 2.61. The van der Waals surface area contributed by atoms with Gasteiger partial charge in [-0.05, 0) is 38.5 Å². The third-order valence-corrected chi connectivity index (χ3v) is 2.37. The number of alkyl carbamates (subject to hydrolysis) is 1. The summed E-state index contributed by atoms with van der Waals surface area (Å²) in [5, 5.41) is 2.60. The summed E-state index contributed by atoms with van der Waals surface area (Å²) in [4.78, 5) is 11.5. The largest absolute Gasteiger partial charge is 0.444 e. The van der Waals surface area contributed by atoms with Gasteiger partial charge in [0.05, 0.1) is 0 Å². The molecule has 92 valence electrons. The molecule has 3 nitrogen and oxygen atoms in total. The second-order valence-electron chi connectivity index (χ2n) is 4.61. The summed E-state index contributed by atoms with van der Waals surface area (Å²) < 4.78 is 6.11. The summed E-state index contributed by atoms with van der Waals surface area (Å²) in [5.41, 5.74) is 0.857. The lowest BCUT2D eigenvalue weighted by molar-refractivity contribution is 0.0558. The Labute approximate surface area is 110 Å². The number of carbonyl (C=O) groups is 1. The Morgan fingerprint density at radius 2 is 1.82 bits per heavy atom. The molecule has 0 saturated heterocycles. The first-order valence-corrected chi connectivity index (χ1v) is 6.02. The van der Waals surface area contributed by atoms with Gasteiger partial charge >= 0.3 is 6.09 Å². The minimum atomic E-state index is -0.510. The topological polar surface area (TPSA) is 38.3 Å². The van der Waals surface area contributed by atoms with E-state index in [1.54, 1.807) is 0 Å². The minimum Gasteiger partial charge on any atom is -0.444 e. The Hall–Kier alpha value is -1.29. The van der Waals surface area contributed by atoms with Gasteiger partial charge in [0.15, 0.2) is 0 Å². The van der Waals surface area contributed by atoms with Gasteiger partial charge in [-0.3, -0.25) is 5.32 Å². The van der Waals surface area contributed by atoms with E-state index in [0.717, 1.165) is 10.0 Å². The van der Waals surface area contributed by atoms with Crippen molar-refractivity contribution in [3.8, 4) is 0 Å². The summed E-state index contributed by atoms with van der Waals surface area (Å²) in [6.07, 6.45) is -0.495. The first-order valence-electron chi connectivity index (χ1n) is 5.23. The van der Waals surface area contributed by atoms with Crippen molar-refractivity contribution in [2.24, 2.45) is 0 Å². The Bertz CT molecular complexity index is 418. The van der Waals surface area contributed by atoms with Crippen LogP contribution in [0, 0.1) is 0 Å². The van der Waals surface area contributed by atoms with Crippen LogP contribution in [0.5, 0.6) is 0 Å². The molecular formula is C13H16BrNO2. The monoisotopic (exact) mass is 297 g/mol. The molecule has 1 rings (SSSR count). The van der Waals surface area contributed by atoms with E-state index in [9.17, 15) is 4.79 Å². The summed E-state index contributed by atoms with van der Waals surface area (Å²) in [6, 6.07) is 7.50. The van der Waals surface area contributed by atoms with Gasteiger partial charge in [-0.1, -0.05) is 34.6 Å². The van der Waals surface area contributed by atoms with Gasteiger partial charge in [-0.25, -0.2) is 4.79 Å². The van der Waals surface area contributed by atoms with Crippen molar-refractivity contribution >= 4 is 27.7 Å². The van der Waals surface area contributed by atoms with Gasteiger partial charge in [0.1, 0.15) is 5.60 Å². The molecule has 0 unspecified atom stereocenters. The fourth-order valence-corrected chi connectivity index (χ4v) is 1.41. The molecule has 1 amide bonds. The molecule has 0 aliphatic heterocycles. The number of amides is 1. The van der Waals surface area contributed by atoms with Gasteiger partial charge < -0.3 is 4.74 Å². The van der Waals surface area contributed by atoms with Crippen molar-refractivity contribution in [2.45, 2.75) is 26.4 Å². The maximum absolute atomic E-state index is 11.5. The van der Waals surface area contributed by atoms with Crippen molar-refractivity contribution in [3.63, 3.8) is 0 Å². The summed E-state index contributed by atoms with van der Waals surface area (Å²) >= 11 is 3.34. The molecule has 1 N–H and O–H groups in total. The average Bonchev–Trinajstić information content (AvgIpc) is 2.15. The van der Waals surface area contributed by atoms with Gasteiger partial charge in [0, 0.05) is 10.2 Å². The fraction of sp³-hybridized carbons (Fsp3) is 0.308. The molecule has 0 aliphatic rings. The van der Waals surface area contributed by atoms with Gasteiger partial charge in [-0.2, -0.15) is 0 Å². The zero-order valence-electron chi connectivity index (χ0n) is 10.2. The van der Waals surface area contributed by atoms with Gasteiger partial charge in [0.25, 0.3) is 0 Å². The molecule has 0 saturated carbocycles. The third-order valence-electron chi connectivity index (χ3n) is 1.84. The number of halogens is 1. The van der Waals surface area contributed by atoms with Gasteiger partial charge in [-0.15, -0.1) is 0 Å². The fourth-order valence-electron chi connectivity index (χ4n) is 1.15. The Kier molecular flexibility index (Phi) is 4.34. The predicted molar refractivity (Wildman–Crippen MR) is 72.5 cm³/mol. The zero-order chi connectivity index (χ0) is 13.1. The highest BCUT2D eigenvalue weighted by Crippen LogP contribution is 2.15. The van der Waals surface area contributed by atoms with Crippen LogP contribution in [0.1, 0.15) is 26.3 Å². The molecule has 0 radical (unpaired) electrons. The number of carbonyl (C=O) groups excluding carboxylic acids is 1. The lowest BCUT2D eigenvalue weighted by atomic mass is 10.2. The van der Waals surface area contributed by atoms with E-state index in [1.807, 2.05) is 45.0 Å². The highest BCUT2D eigenvalue weighted by molar-refractivity contribution is 9.10. The number of rotatable bonds is 2. The van der Waals surface area contributed by atoms with Crippen LogP contribution in [-0.2, 0) is 4.74 Å². The highest BCUT2D eigenvalue weighted by Gasteiger charge is 2.16. The minimum absolute atomic E-state index is 0.495. The van der Waals surface area contributed by atoms with E-state index in [1.165, 1.54) is 0 Å². The summed E-state index contributed by atoms with van der Waals surface area (Å²) in [5.74, 6) is 0. The molecule has 0 bridgehead atoms. The van der Waals surface area contributed by atoms with Crippen LogP contribution < -0.4 is 5.32 Å². The number of benzene rings is 1.